The molecule has 0 aliphatic heterocycles. The summed E-state index contributed by atoms with van der Waals surface area (Å²) in [5, 5.41) is 1.20. The van der Waals surface area contributed by atoms with E-state index < -0.39 is 0 Å². The number of aromatic nitrogens is 1. The standard InChI is InChI=1S/C17H20BrNO/c1-3-5-6-7-12-20-17(4-2)19-11-10-14-13-15(18)8-9-16(14)19/h4-6,8-11,13,17H,2-3,7,12H2,1H3/b6-5-/t17-/m0/s1. The second kappa shape index (κ2) is 7.46. The molecule has 1 aromatic heterocycles. The van der Waals surface area contributed by atoms with Crippen LogP contribution in [0, 0.1) is 0 Å². The molecule has 0 aliphatic rings. The summed E-state index contributed by atoms with van der Waals surface area (Å²) in [6.07, 6.45) is 10.1. The first-order chi connectivity index (χ1) is 9.76. The van der Waals surface area contributed by atoms with Crippen molar-refractivity contribution in [3.8, 4) is 0 Å². The van der Waals surface area contributed by atoms with Crippen molar-refractivity contribution in [1.29, 1.82) is 0 Å². The van der Waals surface area contributed by atoms with Crippen molar-refractivity contribution in [2.24, 2.45) is 0 Å². The number of halogens is 1. The molecule has 3 heteroatoms. The normalized spacial score (nSPS) is 13.1. The molecule has 0 aliphatic carbocycles. The first kappa shape index (κ1) is 15.1. The molecular weight excluding hydrogens is 314 g/mol. The predicted octanol–water partition coefficient (Wildman–Crippen LogP) is 5.46. The number of hydrogen-bond donors (Lipinski definition) is 0. The van der Waals surface area contributed by atoms with Gasteiger partial charge in [0.05, 0.1) is 12.1 Å². The van der Waals surface area contributed by atoms with Crippen LogP contribution < -0.4 is 0 Å². The number of rotatable bonds is 7. The van der Waals surface area contributed by atoms with Gasteiger partial charge in [-0.3, -0.25) is 0 Å². The van der Waals surface area contributed by atoms with Gasteiger partial charge >= 0.3 is 0 Å². The van der Waals surface area contributed by atoms with E-state index in [2.05, 4.69) is 64.4 Å². The van der Waals surface area contributed by atoms with Crippen LogP contribution in [0.3, 0.4) is 0 Å². The average Bonchev–Trinajstić information content (AvgIpc) is 2.86. The Bertz CT molecular complexity index is 600. The van der Waals surface area contributed by atoms with Gasteiger partial charge in [0.15, 0.2) is 6.23 Å². The van der Waals surface area contributed by atoms with Gasteiger partial charge in [0.25, 0.3) is 0 Å². The number of fused-ring (bicyclic) bond motifs is 1. The monoisotopic (exact) mass is 333 g/mol. The largest absolute Gasteiger partial charge is 0.354 e. The van der Waals surface area contributed by atoms with E-state index in [1.54, 1.807) is 0 Å². The lowest BCUT2D eigenvalue weighted by molar-refractivity contribution is 0.0439. The molecule has 0 N–H and O–H groups in total. The fourth-order valence-electron chi connectivity index (χ4n) is 2.16. The van der Waals surface area contributed by atoms with E-state index in [-0.39, 0.29) is 6.23 Å². The van der Waals surface area contributed by atoms with Crippen LogP contribution in [0.1, 0.15) is 26.0 Å². The van der Waals surface area contributed by atoms with Crippen molar-refractivity contribution in [3.63, 3.8) is 0 Å². The van der Waals surface area contributed by atoms with Crippen molar-refractivity contribution in [2.75, 3.05) is 6.61 Å². The van der Waals surface area contributed by atoms with Gasteiger partial charge in [-0.2, -0.15) is 0 Å². The van der Waals surface area contributed by atoms with E-state index in [9.17, 15) is 0 Å². The first-order valence-corrected chi connectivity index (χ1v) is 7.70. The third-order valence-electron chi connectivity index (χ3n) is 3.13. The summed E-state index contributed by atoms with van der Waals surface area (Å²) in [7, 11) is 0. The summed E-state index contributed by atoms with van der Waals surface area (Å²) in [6, 6.07) is 8.34. The Kier molecular flexibility index (Phi) is 5.62. The molecule has 2 rings (SSSR count). The van der Waals surface area contributed by atoms with Crippen LogP contribution in [0.15, 0.2) is 59.7 Å². The van der Waals surface area contributed by atoms with Gasteiger partial charge in [-0.25, -0.2) is 0 Å². The third kappa shape index (κ3) is 3.62. The molecule has 0 bridgehead atoms. The maximum atomic E-state index is 5.90. The van der Waals surface area contributed by atoms with E-state index in [4.69, 9.17) is 4.74 Å². The van der Waals surface area contributed by atoms with Gasteiger partial charge in [-0.05, 0) is 43.2 Å². The molecule has 106 valence electrons. The first-order valence-electron chi connectivity index (χ1n) is 6.91. The highest BCUT2D eigenvalue weighted by atomic mass is 79.9. The minimum absolute atomic E-state index is 0.122. The van der Waals surface area contributed by atoms with Crippen molar-refractivity contribution in [3.05, 3.63) is 59.7 Å². The number of ether oxygens (including phenoxy) is 1. The molecule has 1 atom stereocenters. The highest BCUT2D eigenvalue weighted by molar-refractivity contribution is 9.10. The molecule has 0 spiro atoms. The SMILES string of the molecule is C=C[C@H](OCC/C=C\CC)n1ccc2cc(Br)ccc21. The van der Waals surface area contributed by atoms with Crippen molar-refractivity contribution < 1.29 is 4.74 Å². The molecule has 0 amide bonds. The molecule has 0 saturated carbocycles. The Hall–Kier alpha value is -1.32. The lowest BCUT2D eigenvalue weighted by Crippen LogP contribution is -2.10. The highest BCUT2D eigenvalue weighted by Gasteiger charge is 2.09. The lowest BCUT2D eigenvalue weighted by Gasteiger charge is -2.16. The van der Waals surface area contributed by atoms with E-state index >= 15 is 0 Å². The van der Waals surface area contributed by atoms with Crippen LogP contribution in [-0.2, 0) is 4.74 Å². The van der Waals surface area contributed by atoms with Gasteiger partial charge in [0.2, 0.25) is 0 Å². The molecule has 1 heterocycles. The quantitative estimate of drug-likeness (QED) is 0.484. The van der Waals surface area contributed by atoms with Crippen LogP contribution in [0.5, 0.6) is 0 Å². The zero-order chi connectivity index (χ0) is 14.4. The van der Waals surface area contributed by atoms with Crippen LogP contribution >= 0.6 is 15.9 Å². The Morgan fingerprint density at radius 2 is 2.20 bits per heavy atom. The number of hydrogen-bond acceptors (Lipinski definition) is 1. The maximum absolute atomic E-state index is 5.90. The Morgan fingerprint density at radius 1 is 1.35 bits per heavy atom. The molecule has 2 nitrogen and oxygen atoms in total. The molecule has 20 heavy (non-hydrogen) atoms. The summed E-state index contributed by atoms with van der Waals surface area (Å²) in [5.41, 5.74) is 1.15. The van der Waals surface area contributed by atoms with E-state index in [1.165, 1.54) is 5.39 Å². The van der Waals surface area contributed by atoms with Gasteiger partial charge in [0.1, 0.15) is 0 Å². The van der Waals surface area contributed by atoms with E-state index in [0.717, 1.165) is 22.8 Å². The van der Waals surface area contributed by atoms with Gasteiger partial charge in [-0.1, -0.05) is 41.6 Å². The van der Waals surface area contributed by atoms with Crippen LogP contribution in [0.25, 0.3) is 10.9 Å². The van der Waals surface area contributed by atoms with Gasteiger partial charge < -0.3 is 9.30 Å². The Balaban J connectivity index is 2.09. The molecule has 2 aromatic rings. The molecule has 0 unspecified atom stereocenters. The average molecular weight is 334 g/mol. The fraction of sp³-hybridized carbons (Fsp3) is 0.294. The Morgan fingerprint density at radius 3 is 2.95 bits per heavy atom. The van der Waals surface area contributed by atoms with Crippen LogP contribution in [0.4, 0.5) is 0 Å². The van der Waals surface area contributed by atoms with Crippen molar-refractivity contribution in [2.45, 2.75) is 26.0 Å². The summed E-state index contributed by atoms with van der Waals surface area (Å²) < 4.78 is 9.10. The number of nitrogens with zero attached hydrogens (tertiary/aromatic N) is 1. The minimum atomic E-state index is -0.122. The lowest BCUT2D eigenvalue weighted by atomic mass is 10.2. The number of allylic oxidation sites excluding steroid dienone is 1. The summed E-state index contributed by atoms with van der Waals surface area (Å²) in [6.45, 7) is 6.71. The van der Waals surface area contributed by atoms with E-state index in [1.807, 2.05) is 18.3 Å². The predicted molar refractivity (Wildman–Crippen MR) is 88.9 cm³/mol. The minimum Gasteiger partial charge on any atom is -0.354 e. The van der Waals surface area contributed by atoms with Gasteiger partial charge in [0, 0.05) is 16.1 Å². The van der Waals surface area contributed by atoms with Crippen LogP contribution in [0.2, 0.25) is 0 Å². The second-order valence-electron chi connectivity index (χ2n) is 4.59. The highest BCUT2D eigenvalue weighted by Crippen LogP contribution is 2.24. The molecular formula is C17H20BrNO. The molecule has 0 radical (unpaired) electrons. The van der Waals surface area contributed by atoms with Crippen molar-refractivity contribution in [1.82, 2.24) is 4.57 Å². The smallest absolute Gasteiger partial charge is 0.152 e. The third-order valence-corrected chi connectivity index (χ3v) is 3.63. The fourth-order valence-corrected chi connectivity index (χ4v) is 2.54. The van der Waals surface area contributed by atoms with Gasteiger partial charge in [-0.15, -0.1) is 0 Å². The van der Waals surface area contributed by atoms with Crippen LogP contribution in [-0.4, -0.2) is 11.2 Å². The molecule has 1 aromatic carbocycles. The molecule has 0 fully saturated rings. The summed E-state index contributed by atoms with van der Waals surface area (Å²) in [5.74, 6) is 0. The second-order valence-corrected chi connectivity index (χ2v) is 5.51. The molecule has 0 saturated heterocycles. The summed E-state index contributed by atoms with van der Waals surface area (Å²) >= 11 is 3.49. The zero-order valence-corrected chi connectivity index (χ0v) is 13.3. The number of benzene rings is 1. The summed E-state index contributed by atoms with van der Waals surface area (Å²) in [4.78, 5) is 0. The zero-order valence-electron chi connectivity index (χ0n) is 11.8. The maximum Gasteiger partial charge on any atom is 0.152 e. The van der Waals surface area contributed by atoms with Crippen molar-refractivity contribution >= 4 is 26.8 Å². The Labute approximate surface area is 128 Å². The topological polar surface area (TPSA) is 14.2 Å². The van der Waals surface area contributed by atoms with E-state index in [0.29, 0.717) is 6.61 Å².